The molecule has 0 saturated carbocycles. The number of carbonyl (C=O) groups is 1. The molecule has 1 aliphatic heterocycles. The van der Waals surface area contributed by atoms with E-state index >= 15 is 0 Å². The molecule has 0 bridgehead atoms. The van der Waals surface area contributed by atoms with Crippen molar-refractivity contribution in [3.8, 4) is 0 Å². The van der Waals surface area contributed by atoms with Gasteiger partial charge in [-0.2, -0.15) is 0 Å². The van der Waals surface area contributed by atoms with Crippen LogP contribution < -0.4 is 0 Å². The highest BCUT2D eigenvalue weighted by atomic mass is 16.6. The number of ether oxygens (including phenoxy) is 1. The Morgan fingerprint density at radius 2 is 2.07 bits per heavy atom. The number of hydrogen-bond donors (Lipinski definition) is 1. The number of hydrogen-bond acceptors (Lipinski definition) is 3. The Hall–Kier alpha value is -1.35. The lowest BCUT2D eigenvalue weighted by Crippen LogP contribution is -2.11. The van der Waals surface area contributed by atoms with E-state index in [1.807, 2.05) is 30.3 Å². The van der Waals surface area contributed by atoms with Gasteiger partial charge in [0.1, 0.15) is 6.10 Å². The Morgan fingerprint density at radius 3 is 2.64 bits per heavy atom. The van der Waals surface area contributed by atoms with Crippen LogP contribution >= 0.6 is 0 Å². The zero-order valence-corrected chi connectivity index (χ0v) is 7.72. The van der Waals surface area contributed by atoms with E-state index in [1.165, 1.54) is 0 Å². The van der Waals surface area contributed by atoms with Gasteiger partial charge in [-0.1, -0.05) is 30.3 Å². The first-order chi connectivity index (χ1) is 6.75. The second kappa shape index (κ2) is 3.80. The Kier molecular flexibility index (Phi) is 2.50. The number of benzene rings is 1. The maximum atomic E-state index is 10.9. The topological polar surface area (TPSA) is 46.5 Å². The van der Waals surface area contributed by atoms with E-state index in [0.717, 1.165) is 5.56 Å². The first-order valence-electron chi connectivity index (χ1n) is 4.68. The first-order valence-corrected chi connectivity index (χ1v) is 4.68. The average molecular weight is 192 g/mol. The molecular weight excluding hydrogens is 180 g/mol. The van der Waals surface area contributed by atoms with Crippen LogP contribution in [0.1, 0.15) is 12.0 Å². The summed E-state index contributed by atoms with van der Waals surface area (Å²) in [5.41, 5.74) is 1.12. The van der Waals surface area contributed by atoms with Gasteiger partial charge in [-0.05, 0) is 5.56 Å². The van der Waals surface area contributed by atoms with E-state index in [2.05, 4.69) is 0 Å². The SMILES string of the molecule is O=C1O[C@H](Cc2ccccc2)C[C@@H]1O. The molecule has 14 heavy (non-hydrogen) atoms. The number of carbonyl (C=O) groups excluding carboxylic acids is 1. The summed E-state index contributed by atoms with van der Waals surface area (Å²) in [4.78, 5) is 10.9. The largest absolute Gasteiger partial charge is 0.460 e. The highest BCUT2D eigenvalue weighted by Crippen LogP contribution is 2.18. The molecule has 0 radical (unpaired) electrons. The van der Waals surface area contributed by atoms with Crippen molar-refractivity contribution < 1.29 is 14.6 Å². The van der Waals surface area contributed by atoms with Crippen LogP contribution in [0.4, 0.5) is 0 Å². The standard InChI is InChI=1S/C11H12O3/c12-10-7-9(14-11(10)13)6-8-4-2-1-3-5-8/h1-5,9-10,12H,6-7H2/t9-,10+/m1/s1. The van der Waals surface area contributed by atoms with Gasteiger partial charge in [0.25, 0.3) is 0 Å². The molecule has 1 aromatic carbocycles. The van der Waals surface area contributed by atoms with Gasteiger partial charge >= 0.3 is 5.97 Å². The quantitative estimate of drug-likeness (QED) is 0.708. The lowest BCUT2D eigenvalue weighted by molar-refractivity contribution is -0.147. The maximum Gasteiger partial charge on any atom is 0.335 e. The average Bonchev–Trinajstić information content (AvgIpc) is 2.47. The summed E-state index contributed by atoms with van der Waals surface area (Å²) in [7, 11) is 0. The molecule has 1 aliphatic rings. The number of aliphatic hydroxyl groups is 1. The molecule has 1 aromatic rings. The summed E-state index contributed by atoms with van der Waals surface area (Å²) >= 11 is 0. The van der Waals surface area contributed by atoms with Crippen LogP contribution in [0, 0.1) is 0 Å². The molecule has 0 aromatic heterocycles. The molecule has 0 spiro atoms. The number of rotatable bonds is 2. The third kappa shape index (κ3) is 1.93. The fourth-order valence-electron chi connectivity index (χ4n) is 1.64. The van der Waals surface area contributed by atoms with Gasteiger partial charge in [-0.15, -0.1) is 0 Å². The fourth-order valence-corrected chi connectivity index (χ4v) is 1.64. The second-order valence-electron chi connectivity index (χ2n) is 3.50. The summed E-state index contributed by atoms with van der Waals surface area (Å²) in [6.07, 6.45) is 0.000733. The number of aliphatic hydroxyl groups excluding tert-OH is 1. The van der Waals surface area contributed by atoms with Crippen LogP contribution in [0.25, 0.3) is 0 Å². The van der Waals surface area contributed by atoms with E-state index < -0.39 is 12.1 Å². The summed E-state index contributed by atoms with van der Waals surface area (Å²) in [6, 6.07) is 9.81. The van der Waals surface area contributed by atoms with E-state index in [9.17, 15) is 9.90 Å². The van der Waals surface area contributed by atoms with Gasteiger partial charge in [0, 0.05) is 12.8 Å². The number of cyclic esters (lactones) is 1. The first kappa shape index (κ1) is 9.21. The van der Waals surface area contributed by atoms with Crippen LogP contribution in [-0.4, -0.2) is 23.3 Å². The molecule has 0 unspecified atom stereocenters. The van der Waals surface area contributed by atoms with E-state index in [4.69, 9.17) is 4.74 Å². The third-order valence-corrected chi connectivity index (χ3v) is 2.35. The molecule has 1 heterocycles. The smallest absolute Gasteiger partial charge is 0.335 e. The Balaban J connectivity index is 1.97. The Bertz CT molecular complexity index is 321. The van der Waals surface area contributed by atoms with Gasteiger partial charge in [-0.3, -0.25) is 0 Å². The van der Waals surface area contributed by atoms with Crippen LogP contribution in [-0.2, 0) is 16.0 Å². The maximum absolute atomic E-state index is 10.9. The lowest BCUT2D eigenvalue weighted by Gasteiger charge is -2.07. The van der Waals surface area contributed by atoms with Crippen molar-refractivity contribution in [3.05, 3.63) is 35.9 Å². The highest BCUT2D eigenvalue weighted by Gasteiger charge is 2.32. The molecule has 3 heteroatoms. The predicted molar refractivity (Wildman–Crippen MR) is 50.6 cm³/mol. The third-order valence-electron chi connectivity index (χ3n) is 2.35. The normalized spacial score (nSPS) is 26.2. The van der Waals surface area contributed by atoms with Gasteiger partial charge < -0.3 is 9.84 Å². The van der Waals surface area contributed by atoms with Crippen molar-refractivity contribution in [3.63, 3.8) is 0 Å². The van der Waals surface area contributed by atoms with Crippen molar-refractivity contribution in [1.29, 1.82) is 0 Å². The summed E-state index contributed by atoms with van der Waals surface area (Å²) in [5, 5.41) is 9.17. The van der Waals surface area contributed by atoms with Gasteiger partial charge in [0.2, 0.25) is 0 Å². The van der Waals surface area contributed by atoms with E-state index in [-0.39, 0.29) is 6.10 Å². The van der Waals surface area contributed by atoms with Crippen molar-refractivity contribution >= 4 is 5.97 Å². The van der Waals surface area contributed by atoms with Crippen molar-refractivity contribution in [2.45, 2.75) is 25.0 Å². The number of esters is 1. The van der Waals surface area contributed by atoms with Crippen molar-refractivity contribution in [1.82, 2.24) is 0 Å². The molecular formula is C11H12O3. The molecule has 3 nitrogen and oxygen atoms in total. The zero-order valence-electron chi connectivity index (χ0n) is 7.72. The van der Waals surface area contributed by atoms with E-state index in [0.29, 0.717) is 12.8 Å². The minimum atomic E-state index is -0.927. The molecule has 74 valence electrons. The lowest BCUT2D eigenvalue weighted by atomic mass is 10.1. The van der Waals surface area contributed by atoms with Gasteiger partial charge in [0.05, 0.1) is 0 Å². The molecule has 0 aliphatic carbocycles. The molecule has 1 saturated heterocycles. The van der Waals surface area contributed by atoms with Crippen LogP contribution in [0.15, 0.2) is 30.3 Å². The fraction of sp³-hybridized carbons (Fsp3) is 0.364. The zero-order chi connectivity index (χ0) is 9.97. The highest BCUT2D eigenvalue weighted by molar-refractivity contribution is 5.76. The predicted octanol–water partition coefficient (Wildman–Crippen LogP) is 0.905. The van der Waals surface area contributed by atoms with Crippen LogP contribution in [0.3, 0.4) is 0 Å². The summed E-state index contributed by atoms with van der Waals surface area (Å²) in [5.74, 6) is -0.495. The Labute approximate surface area is 82.3 Å². The van der Waals surface area contributed by atoms with Crippen LogP contribution in [0.2, 0.25) is 0 Å². The minimum Gasteiger partial charge on any atom is -0.460 e. The molecule has 1 N–H and O–H groups in total. The minimum absolute atomic E-state index is 0.167. The van der Waals surface area contributed by atoms with Gasteiger partial charge in [0.15, 0.2) is 6.10 Å². The summed E-state index contributed by atoms with van der Waals surface area (Å²) < 4.78 is 4.99. The van der Waals surface area contributed by atoms with Crippen molar-refractivity contribution in [2.24, 2.45) is 0 Å². The second-order valence-corrected chi connectivity index (χ2v) is 3.50. The Morgan fingerprint density at radius 1 is 1.36 bits per heavy atom. The molecule has 2 atom stereocenters. The van der Waals surface area contributed by atoms with Crippen LogP contribution in [0.5, 0.6) is 0 Å². The van der Waals surface area contributed by atoms with Crippen molar-refractivity contribution in [2.75, 3.05) is 0 Å². The van der Waals surface area contributed by atoms with Gasteiger partial charge in [-0.25, -0.2) is 4.79 Å². The van der Waals surface area contributed by atoms with E-state index in [1.54, 1.807) is 0 Å². The summed E-state index contributed by atoms with van der Waals surface area (Å²) in [6.45, 7) is 0. The molecule has 0 amide bonds. The molecule has 1 fully saturated rings. The monoisotopic (exact) mass is 192 g/mol. The molecule has 2 rings (SSSR count).